The quantitative estimate of drug-likeness (QED) is 0.633. The fourth-order valence-electron chi connectivity index (χ4n) is 3.98. The summed E-state index contributed by atoms with van der Waals surface area (Å²) in [5, 5.41) is 0. The summed E-state index contributed by atoms with van der Waals surface area (Å²) in [5.74, 6) is 4.38. The zero-order valence-corrected chi connectivity index (χ0v) is 9.04. The van der Waals surface area contributed by atoms with Crippen LogP contribution < -0.4 is 5.73 Å². The maximum absolute atomic E-state index is 9.22. The van der Waals surface area contributed by atoms with Crippen molar-refractivity contribution in [3.05, 3.63) is 0 Å². The Labute approximate surface area is 86.2 Å². The van der Waals surface area contributed by atoms with Gasteiger partial charge in [-0.05, 0) is 62.2 Å². The molecule has 0 aromatic carbocycles. The molecule has 0 spiro atoms. The van der Waals surface area contributed by atoms with Crippen LogP contribution in [0.5, 0.6) is 0 Å². The smallest absolute Gasteiger partial charge is 0.214 e. The first kappa shape index (κ1) is 10.0. The van der Waals surface area contributed by atoms with Crippen molar-refractivity contribution in [2.75, 3.05) is 0 Å². The third kappa shape index (κ3) is 2.28. The molecule has 0 atom stereocenters. The summed E-state index contributed by atoms with van der Waals surface area (Å²) in [4.78, 5) is 9.22. The predicted octanol–water partition coefficient (Wildman–Crippen LogP) is 2.32. The number of hydrogen-bond donors (Lipinski definition) is 1. The molecule has 2 nitrogen and oxygen atoms in total. The molecular formula is C12H21NO. The van der Waals surface area contributed by atoms with Crippen LogP contribution in [0.25, 0.3) is 0 Å². The first-order chi connectivity index (χ1) is 6.63. The van der Waals surface area contributed by atoms with Crippen LogP contribution in [0.1, 0.15) is 45.4 Å². The van der Waals surface area contributed by atoms with Gasteiger partial charge in [0.2, 0.25) is 5.91 Å². The zero-order valence-electron chi connectivity index (χ0n) is 9.04. The van der Waals surface area contributed by atoms with Crippen LogP contribution in [-0.2, 0) is 4.79 Å². The first-order valence-corrected chi connectivity index (χ1v) is 5.89. The summed E-state index contributed by atoms with van der Waals surface area (Å²) in [6.45, 7) is 1.31. The molecule has 0 heterocycles. The highest BCUT2D eigenvalue weighted by atomic mass is 16.1. The second kappa shape index (κ2) is 3.92. The Bertz CT molecular complexity index is 164. The van der Waals surface area contributed by atoms with Gasteiger partial charge in [-0.15, -0.1) is 0 Å². The average Bonchev–Trinajstić information content (AvgIpc) is 1.98. The lowest BCUT2D eigenvalue weighted by atomic mass is 9.56. The van der Waals surface area contributed by atoms with Gasteiger partial charge in [0.15, 0.2) is 0 Å². The monoisotopic (exact) mass is 195 g/mol. The number of primary amides is 1. The van der Waals surface area contributed by atoms with Gasteiger partial charge in [0, 0.05) is 6.92 Å². The van der Waals surface area contributed by atoms with Crippen molar-refractivity contribution >= 4 is 5.91 Å². The van der Waals surface area contributed by atoms with Gasteiger partial charge in [0.25, 0.3) is 0 Å². The van der Waals surface area contributed by atoms with Crippen molar-refractivity contribution in [1.82, 2.24) is 0 Å². The van der Waals surface area contributed by atoms with Gasteiger partial charge in [0.1, 0.15) is 0 Å². The van der Waals surface area contributed by atoms with Crippen LogP contribution in [0.3, 0.4) is 0 Å². The number of carbonyl (C=O) groups is 1. The molecule has 4 rings (SSSR count). The first-order valence-electron chi connectivity index (χ1n) is 5.89. The summed E-state index contributed by atoms with van der Waals surface area (Å²) < 4.78 is 0. The molecule has 4 fully saturated rings. The Balaban J connectivity index is 0.000000165. The summed E-state index contributed by atoms with van der Waals surface area (Å²) in [5.41, 5.74) is 4.47. The summed E-state index contributed by atoms with van der Waals surface area (Å²) in [6.07, 6.45) is 9.62. The van der Waals surface area contributed by atoms with E-state index in [4.69, 9.17) is 0 Å². The lowest BCUT2D eigenvalue weighted by Gasteiger charge is -2.49. The fraction of sp³-hybridized carbons (Fsp3) is 0.917. The van der Waals surface area contributed by atoms with Gasteiger partial charge >= 0.3 is 0 Å². The average molecular weight is 195 g/mol. The van der Waals surface area contributed by atoms with E-state index >= 15 is 0 Å². The number of rotatable bonds is 0. The molecule has 1 amide bonds. The van der Waals surface area contributed by atoms with Gasteiger partial charge in [-0.2, -0.15) is 0 Å². The third-order valence-corrected chi connectivity index (χ3v) is 4.00. The standard InChI is InChI=1S/C10H16.C2H5NO/c1-7-2-9-4-8(1)5-10(3-7)6-9;1-2(3)4/h7-10H,1-6H2;1H3,(H2,3,4). The van der Waals surface area contributed by atoms with Crippen molar-refractivity contribution in [1.29, 1.82) is 0 Å². The van der Waals surface area contributed by atoms with Crippen LogP contribution >= 0.6 is 0 Å². The maximum atomic E-state index is 9.22. The van der Waals surface area contributed by atoms with E-state index in [1.807, 2.05) is 0 Å². The van der Waals surface area contributed by atoms with Gasteiger partial charge in [0.05, 0.1) is 0 Å². The van der Waals surface area contributed by atoms with E-state index in [9.17, 15) is 4.79 Å². The van der Waals surface area contributed by atoms with E-state index in [0.29, 0.717) is 0 Å². The summed E-state index contributed by atoms with van der Waals surface area (Å²) in [7, 11) is 0. The molecule has 4 saturated carbocycles. The fourth-order valence-corrected chi connectivity index (χ4v) is 3.98. The largest absolute Gasteiger partial charge is 0.370 e. The van der Waals surface area contributed by atoms with Crippen molar-refractivity contribution in [2.45, 2.75) is 45.4 Å². The Morgan fingerprint density at radius 2 is 1.00 bits per heavy atom. The van der Waals surface area contributed by atoms with Crippen molar-refractivity contribution in [3.8, 4) is 0 Å². The van der Waals surface area contributed by atoms with Gasteiger partial charge < -0.3 is 5.73 Å². The normalized spacial score (nSPS) is 42.9. The van der Waals surface area contributed by atoms with Crippen molar-refractivity contribution in [2.24, 2.45) is 29.4 Å². The molecule has 2 heteroatoms. The minimum absolute atomic E-state index is 0.333. The van der Waals surface area contributed by atoms with Crippen LogP contribution in [0.4, 0.5) is 0 Å². The Morgan fingerprint density at radius 3 is 1.14 bits per heavy atom. The molecule has 0 aromatic heterocycles. The Morgan fingerprint density at radius 1 is 0.857 bits per heavy atom. The molecule has 2 N–H and O–H groups in total. The van der Waals surface area contributed by atoms with Crippen LogP contribution in [0.15, 0.2) is 0 Å². The number of carbonyl (C=O) groups excluding carboxylic acids is 1. The maximum Gasteiger partial charge on any atom is 0.214 e. The highest BCUT2D eigenvalue weighted by Gasteiger charge is 2.41. The van der Waals surface area contributed by atoms with Gasteiger partial charge in [-0.1, -0.05) is 0 Å². The van der Waals surface area contributed by atoms with E-state index in [0.717, 1.165) is 0 Å². The molecule has 0 radical (unpaired) electrons. The van der Waals surface area contributed by atoms with E-state index < -0.39 is 0 Å². The minimum atomic E-state index is -0.333. The summed E-state index contributed by atoms with van der Waals surface area (Å²) >= 11 is 0. The molecule has 80 valence electrons. The SMILES string of the molecule is C1C2CC3CC1CC(C2)C3.CC(N)=O. The van der Waals surface area contributed by atoms with Gasteiger partial charge in [-0.25, -0.2) is 0 Å². The topological polar surface area (TPSA) is 43.1 Å². The Hall–Kier alpha value is -0.530. The molecule has 4 aliphatic rings. The zero-order chi connectivity index (χ0) is 10.1. The summed E-state index contributed by atoms with van der Waals surface area (Å²) in [6, 6.07) is 0. The van der Waals surface area contributed by atoms with Crippen molar-refractivity contribution < 1.29 is 4.79 Å². The molecule has 14 heavy (non-hydrogen) atoms. The molecule has 0 aliphatic heterocycles. The Kier molecular flexibility index (Phi) is 2.80. The van der Waals surface area contributed by atoms with Crippen molar-refractivity contribution in [3.63, 3.8) is 0 Å². The van der Waals surface area contributed by atoms with Crippen LogP contribution in [0, 0.1) is 23.7 Å². The molecule has 4 aliphatic carbocycles. The second-order valence-corrected chi connectivity index (χ2v) is 5.49. The van der Waals surface area contributed by atoms with E-state index in [-0.39, 0.29) is 5.91 Å². The van der Waals surface area contributed by atoms with Crippen LogP contribution in [0.2, 0.25) is 0 Å². The second-order valence-electron chi connectivity index (χ2n) is 5.49. The highest BCUT2D eigenvalue weighted by molar-refractivity contribution is 5.70. The van der Waals surface area contributed by atoms with Gasteiger partial charge in [-0.3, -0.25) is 4.79 Å². The van der Waals surface area contributed by atoms with E-state index in [1.54, 1.807) is 38.5 Å². The van der Waals surface area contributed by atoms with E-state index in [2.05, 4.69) is 5.73 Å². The van der Waals surface area contributed by atoms with Crippen LogP contribution in [-0.4, -0.2) is 5.91 Å². The molecule has 0 saturated heterocycles. The minimum Gasteiger partial charge on any atom is -0.370 e. The number of nitrogens with two attached hydrogens (primary N) is 1. The van der Waals surface area contributed by atoms with E-state index in [1.165, 1.54) is 30.6 Å². The molecular weight excluding hydrogens is 174 g/mol. The number of amides is 1. The predicted molar refractivity (Wildman–Crippen MR) is 56.5 cm³/mol. The number of hydrogen-bond acceptors (Lipinski definition) is 1. The highest BCUT2D eigenvalue weighted by Crippen LogP contribution is 2.53. The lowest BCUT2D eigenvalue weighted by molar-refractivity contribution is -0.115. The third-order valence-electron chi connectivity index (χ3n) is 4.00. The molecule has 0 aromatic rings. The lowest BCUT2D eigenvalue weighted by Crippen LogP contribution is -2.38. The molecule has 0 unspecified atom stereocenters. The molecule has 4 bridgehead atoms.